The first-order valence-electron chi connectivity index (χ1n) is 8.64. The highest BCUT2D eigenvalue weighted by Gasteiger charge is 2.27. The van der Waals surface area contributed by atoms with Gasteiger partial charge in [0.15, 0.2) is 0 Å². The molecule has 0 bridgehead atoms. The van der Waals surface area contributed by atoms with Crippen LogP contribution < -0.4 is 9.80 Å². The molecule has 2 heterocycles. The van der Waals surface area contributed by atoms with Crippen LogP contribution in [0, 0.1) is 0 Å². The van der Waals surface area contributed by atoms with E-state index in [0.717, 1.165) is 18.8 Å². The number of carbonyl (C=O) groups excluding carboxylic acids is 1. The molecule has 1 fully saturated rings. The Kier molecular flexibility index (Phi) is 5.76. The molecule has 27 heavy (non-hydrogen) atoms. The van der Waals surface area contributed by atoms with E-state index in [0.29, 0.717) is 18.9 Å². The molecular weight excluding hydrogens is 370 g/mol. The van der Waals surface area contributed by atoms with Crippen molar-refractivity contribution < 1.29 is 14.3 Å². The van der Waals surface area contributed by atoms with Gasteiger partial charge in [-0.1, -0.05) is 0 Å². The Morgan fingerprint density at radius 2 is 1.85 bits per heavy atom. The fraction of sp³-hybridized carbons (Fsp3) is 0.444. The number of rotatable bonds is 3. The second kappa shape index (κ2) is 8.06. The van der Waals surface area contributed by atoms with Crippen LogP contribution in [0.15, 0.2) is 30.6 Å². The Labute approximate surface area is 163 Å². The number of anilines is 3. The molecule has 1 saturated heterocycles. The molecule has 1 amide bonds. The number of nitrogens with zero attached hydrogens (tertiary/aromatic N) is 5. The molecule has 1 aliphatic heterocycles. The predicted octanol–water partition coefficient (Wildman–Crippen LogP) is 3.43. The van der Waals surface area contributed by atoms with Gasteiger partial charge in [0, 0.05) is 18.8 Å². The van der Waals surface area contributed by atoms with E-state index in [2.05, 4.69) is 19.9 Å². The summed E-state index contributed by atoms with van der Waals surface area (Å²) >= 11 is 5.88. The number of amides is 1. The molecule has 0 unspecified atom stereocenters. The summed E-state index contributed by atoms with van der Waals surface area (Å²) in [6.07, 6.45) is 0.660. The number of hydrogen-bond acceptors (Lipinski definition) is 7. The average molecular weight is 392 g/mol. The van der Waals surface area contributed by atoms with Gasteiger partial charge in [0.25, 0.3) is 0 Å². The van der Waals surface area contributed by atoms with Crippen molar-refractivity contribution >= 4 is 35.0 Å². The van der Waals surface area contributed by atoms with Crippen LogP contribution in [0.2, 0.25) is 5.28 Å². The van der Waals surface area contributed by atoms with Gasteiger partial charge in [-0.25, -0.2) is 19.7 Å². The van der Waals surface area contributed by atoms with Crippen molar-refractivity contribution in [2.24, 2.45) is 0 Å². The second-order valence-electron chi connectivity index (χ2n) is 6.99. The standard InChI is InChI=1S/C18H22ClN5O3/c1-18(2,3)27-17(25)24(16-21-12-20-15(19)22-16)14-6-4-13(5-7-14)23-8-10-26-11-9-23/h4-7,12H,8-11H2,1-3H3. The third-order valence-electron chi connectivity index (χ3n) is 3.79. The molecule has 0 N–H and O–H groups in total. The lowest BCUT2D eigenvalue weighted by atomic mass is 10.2. The van der Waals surface area contributed by atoms with E-state index in [1.165, 1.54) is 11.2 Å². The first-order chi connectivity index (χ1) is 12.8. The maximum Gasteiger partial charge on any atom is 0.421 e. The molecule has 1 aromatic carbocycles. The Morgan fingerprint density at radius 1 is 1.19 bits per heavy atom. The molecule has 144 valence electrons. The van der Waals surface area contributed by atoms with Crippen LogP contribution in [-0.2, 0) is 9.47 Å². The molecule has 1 aromatic heterocycles. The molecule has 8 nitrogen and oxygen atoms in total. The molecule has 1 aliphatic rings. The summed E-state index contributed by atoms with van der Waals surface area (Å²) in [5.41, 5.74) is 0.961. The van der Waals surface area contributed by atoms with Crippen molar-refractivity contribution in [3.63, 3.8) is 0 Å². The molecule has 3 rings (SSSR count). The van der Waals surface area contributed by atoms with Crippen LogP contribution >= 0.6 is 11.6 Å². The van der Waals surface area contributed by atoms with Crippen molar-refractivity contribution in [2.75, 3.05) is 36.1 Å². The fourth-order valence-corrected chi connectivity index (χ4v) is 2.74. The summed E-state index contributed by atoms with van der Waals surface area (Å²) in [6.45, 7) is 8.46. The van der Waals surface area contributed by atoms with E-state index in [1.54, 1.807) is 20.8 Å². The third-order valence-corrected chi connectivity index (χ3v) is 3.97. The number of morpholine rings is 1. The average Bonchev–Trinajstić information content (AvgIpc) is 2.62. The summed E-state index contributed by atoms with van der Waals surface area (Å²) in [5, 5.41) is -0.00139. The van der Waals surface area contributed by atoms with Crippen LogP contribution in [-0.4, -0.2) is 52.9 Å². The van der Waals surface area contributed by atoms with E-state index in [-0.39, 0.29) is 11.2 Å². The summed E-state index contributed by atoms with van der Waals surface area (Å²) < 4.78 is 10.9. The Balaban J connectivity index is 1.91. The van der Waals surface area contributed by atoms with Gasteiger partial charge in [0.05, 0.1) is 18.9 Å². The first-order valence-corrected chi connectivity index (χ1v) is 9.02. The van der Waals surface area contributed by atoms with Crippen LogP contribution in [0.5, 0.6) is 0 Å². The van der Waals surface area contributed by atoms with Crippen LogP contribution in [0.1, 0.15) is 20.8 Å². The van der Waals surface area contributed by atoms with Gasteiger partial charge in [0.2, 0.25) is 11.2 Å². The molecule has 0 atom stereocenters. The van der Waals surface area contributed by atoms with Crippen molar-refractivity contribution in [1.82, 2.24) is 15.0 Å². The number of ether oxygens (including phenoxy) is 2. The lowest BCUT2D eigenvalue weighted by Gasteiger charge is -2.29. The largest absolute Gasteiger partial charge is 0.443 e. The lowest BCUT2D eigenvalue weighted by Crippen LogP contribution is -2.36. The van der Waals surface area contributed by atoms with E-state index < -0.39 is 11.7 Å². The van der Waals surface area contributed by atoms with Gasteiger partial charge in [-0.3, -0.25) is 0 Å². The van der Waals surface area contributed by atoms with Crippen LogP contribution in [0.25, 0.3) is 0 Å². The molecule has 9 heteroatoms. The second-order valence-corrected chi connectivity index (χ2v) is 7.32. The molecule has 0 radical (unpaired) electrons. The van der Waals surface area contributed by atoms with Crippen molar-refractivity contribution in [1.29, 1.82) is 0 Å². The van der Waals surface area contributed by atoms with Gasteiger partial charge in [-0.15, -0.1) is 0 Å². The number of hydrogen-bond donors (Lipinski definition) is 0. The zero-order valence-electron chi connectivity index (χ0n) is 15.6. The molecular formula is C18H22ClN5O3. The Hall–Kier alpha value is -2.45. The maximum absolute atomic E-state index is 12.8. The zero-order valence-corrected chi connectivity index (χ0v) is 16.3. The minimum Gasteiger partial charge on any atom is -0.443 e. The normalized spacial score (nSPS) is 14.7. The number of halogens is 1. The highest BCUT2D eigenvalue weighted by atomic mass is 35.5. The van der Waals surface area contributed by atoms with Crippen molar-refractivity contribution in [3.8, 4) is 0 Å². The summed E-state index contributed by atoms with van der Waals surface area (Å²) in [5.74, 6) is 0.100. The monoisotopic (exact) mass is 391 g/mol. The Bertz CT molecular complexity index is 788. The molecule has 0 aliphatic carbocycles. The fourth-order valence-electron chi connectivity index (χ4n) is 2.62. The Morgan fingerprint density at radius 3 is 2.44 bits per heavy atom. The van der Waals surface area contributed by atoms with E-state index >= 15 is 0 Å². The SMILES string of the molecule is CC(C)(C)OC(=O)N(c1ccc(N2CCOCC2)cc1)c1ncnc(Cl)n1. The topological polar surface area (TPSA) is 80.7 Å². The quantitative estimate of drug-likeness (QED) is 0.792. The lowest BCUT2D eigenvalue weighted by molar-refractivity contribution is 0.0597. The van der Waals surface area contributed by atoms with Gasteiger partial charge in [0.1, 0.15) is 11.9 Å². The molecule has 0 spiro atoms. The minimum atomic E-state index is -0.667. The van der Waals surface area contributed by atoms with Gasteiger partial charge in [-0.2, -0.15) is 4.98 Å². The maximum atomic E-state index is 12.8. The van der Waals surface area contributed by atoms with Gasteiger partial charge < -0.3 is 14.4 Å². The first kappa shape index (κ1) is 19.3. The smallest absolute Gasteiger partial charge is 0.421 e. The van der Waals surface area contributed by atoms with E-state index in [1.807, 2.05) is 24.3 Å². The van der Waals surface area contributed by atoms with Crippen LogP contribution in [0.3, 0.4) is 0 Å². The summed E-state index contributed by atoms with van der Waals surface area (Å²) in [6, 6.07) is 7.54. The van der Waals surface area contributed by atoms with Gasteiger partial charge >= 0.3 is 6.09 Å². The summed E-state index contributed by atoms with van der Waals surface area (Å²) in [4.78, 5) is 28.2. The third kappa shape index (κ3) is 5.05. The van der Waals surface area contributed by atoms with E-state index in [4.69, 9.17) is 21.1 Å². The number of carbonyl (C=O) groups is 1. The summed E-state index contributed by atoms with van der Waals surface area (Å²) in [7, 11) is 0. The van der Waals surface area contributed by atoms with E-state index in [9.17, 15) is 4.79 Å². The van der Waals surface area contributed by atoms with Crippen molar-refractivity contribution in [3.05, 3.63) is 35.9 Å². The molecule has 0 saturated carbocycles. The number of aromatic nitrogens is 3. The zero-order chi connectivity index (χ0) is 19.4. The van der Waals surface area contributed by atoms with Crippen LogP contribution in [0.4, 0.5) is 22.1 Å². The number of benzene rings is 1. The minimum absolute atomic E-state index is 0.00139. The predicted molar refractivity (Wildman–Crippen MR) is 103 cm³/mol. The highest BCUT2D eigenvalue weighted by Crippen LogP contribution is 2.28. The molecule has 2 aromatic rings. The van der Waals surface area contributed by atoms with Crippen molar-refractivity contribution in [2.45, 2.75) is 26.4 Å². The highest BCUT2D eigenvalue weighted by molar-refractivity contribution is 6.28. The van der Waals surface area contributed by atoms with Gasteiger partial charge in [-0.05, 0) is 56.6 Å².